The summed E-state index contributed by atoms with van der Waals surface area (Å²) in [6.07, 6.45) is 2.99. The van der Waals surface area contributed by atoms with Crippen LogP contribution in [-0.2, 0) is 14.3 Å². The number of furan rings is 1. The minimum Gasteiger partial charge on any atom is -0.459 e. The molecule has 1 aromatic heterocycles. The van der Waals surface area contributed by atoms with Crippen molar-refractivity contribution in [2.45, 2.75) is 52.6 Å². The van der Waals surface area contributed by atoms with Crippen molar-refractivity contribution in [1.29, 1.82) is 0 Å². The molecule has 0 unspecified atom stereocenters. The Bertz CT molecular complexity index is 535. The maximum absolute atomic E-state index is 12.2. The van der Waals surface area contributed by atoms with Gasteiger partial charge in [0.05, 0.1) is 6.26 Å². The van der Waals surface area contributed by atoms with E-state index < -0.39 is 17.9 Å². The molecule has 0 fully saturated rings. The molecule has 0 bridgehead atoms. The topological polar surface area (TPSA) is 97.6 Å². The van der Waals surface area contributed by atoms with Crippen molar-refractivity contribution < 1.29 is 23.5 Å². The molecule has 0 aliphatic rings. The van der Waals surface area contributed by atoms with E-state index in [2.05, 4.69) is 10.6 Å². The number of ether oxygens (including phenoxy) is 1. The predicted octanol–water partition coefficient (Wildman–Crippen LogP) is 1.88. The smallest absolute Gasteiger partial charge is 0.329 e. The number of amides is 2. The van der Waals surface area contributed by atoms with Crippen LogP contribution in [0.2, 0.25) is 0 Å². The van der Waals surface area contributed by atoms with Crippen LogP contribution in [0.1, 0.15) is 51.1 Å². The number of carbonyl (C=O) groups excluding carboxylic acids is 3. The summed E-state index contributed by atoms with van der Waals surface area (Å²) in [4.78, 5) is 36.0. The quantitative estimate of drug-likeness (QED) is 0.670. The van der Waals surface area contributed by atoms with Crippen LogP contribution in [-0.4, -0.2) is 36.5 Å². The number of nitrogens with one attached hydrogen (secondary N) is 2. The van der Waals surface area contributed by atoms with Crippen molar-refractivity contribution in [3.05, 3.63) is 24.2 Å². The second-order valence-corrected chi connectivity index (χ2v) is 5.86. The summed E-state index contributed by atoms with van der Waals surface area (Å²) >= 11 is 0. The molecule has 0 aliphatic carbocycles. The molecule has 0 radical (unpaired) electrons. The third-order valence-electron chi connectivity index (χ3n) is 3.65. The van der Waals surface area contributed by atoms with E-state index in [0.29, 0.717) is 0 Å². The van der Waals surface area contributed by atoms with E-state index in [9.17, 15) is 14.4 Å². The van der Waals surface area contributed by atoms with Crippen LogP contribution in [0.25, 0.3) is 0 Å². The summed E-state index contributed by atoms with van der Waals surface area (Å²) in [6.45, 7) is 7.13. The van der Waals surface area contributed by atoms with Crippen LogP contribution in [0, 0.1) is 5.92 Å². The molecule has 0 saturated heterocycles. The summed E-state index contributed by atoms with van der Waals surface area (Å²) in [5.74, 6) is -1.59. The Balaban J connectivity index is 2.54. The van der Waals surface area contributed by atoms with E-state index >= 15 is 0 Å². The van der Waals surface area contributed by atoms with Gasteiger partial charge in [-0.2, -0.15) is 0 Å². The lowest BCUT2D eigenvalue weighted by Gasteiger charge is -2.20. The lowest BCUT2D eigenvalue weighted by Crippen LogP contribution is -2.46. The maximum Gasteiger partial charge on any atom is 0.329 e. The molecule has 0 spiro atoms. The zero-order valence-corrected chi connectivity index (χ0v) is 14.6. The van der Waals surface area contributed by atoms with Crippen LogP contribution >= 0.6 is 0 Å². The van der Waals surface area contributed by atoms with Crippen LogP contribution in [0.4, 0.5) is 0 Å². The van der Waals surface area contributed by atoms with Gasteiger partial charge in [-0.25, -0.2) is 4.79 Å². The molecule has 24 heavy (non-hydrogen) atoms. The number of carbonyl (C=O) groups is 3. The first kappa shape index (κ1) is 19.7. The van der Waals surface area contributed by atoms with Crippen molar-refractivity contribution in [1.82, 2.24) is 10.6 Å². The fourth-order valence-electron chi connectivity index (χ4n) is 2.11. The first-order chi connectivity index (χ1) is 11.4. The van der Waals surface area contributed by atoms with Gasteiger partial charge in [-0.3, -0.25) is 9.59 Å². The summed E-state index contributed by atoms with van der Waals surface area (Å²) in [5.41, 5.74) is 0. The van der Waals surface area contributed by atoms with Crippen molar-refractivity contribution >= 4 is 17.8 Å². The van der Waals surface area contributed by atoms with Gasteiger partial charge in [0.1, 0.15) is 6.04 Å². The van der Waals surface area contributed by atoms with E-state index in [1.54, 1.807) is 19.9 Å². The first-order valence-corrected chi connectivity index (χ1v) is 8.19. The molecular formula is C17H26N2O5. The molecule has 1 heterocycles. The lowest BCUT2D eigenvalue weighted by atomic mass is 10.0. The Morgan fingerprint density at radius 1 is 1.17 bits per heavy atom. The van der Waals surface area contributed by atoms with E-state index in [1.165, 1.54) is 12.3 Å². The molecule has 2 amide bonds. The van der Waals surface area contributed by atoms with E-state index in [4.69, 9.17) is 9.15 Å². The highest BCUT2D eigenvalue weighted by molar-refractivity contribution is 5.94. The Morgan fingerprint density at radius 2 is 1.83 bits per heavy atom. The monoisotopic (exact) mass is 338 g/mol. The molecule has 0 saturated carbocycles. The van der Waals surface area contributed by atoms with Crippen LogP contribution in [0.5, 0.6) is 0 Å². The van der Waals surface area contributed by atoms with E-state index in [0.717, 1.165) is 12.8 Å². The fourth-order valence-corrected chi connectivity index (χ4v) is 2.11. The largest absolute Gasteiger partial charge is 0.459 e. The Labute approximate surface area is 142 Å². The van der Waals surface area contributed by atoms with Gasteiger partial charge in [-0.15, -0.1) is 0 Å². The highest BCUT2D eigenvalue weighted by Gasteiger charge is 2.27. The van der Waals surface area contributed by atoms with Crippen molar-refractivity contribution in [2.24, 2.45) is 5.92 Å². The van der Waals surface area contributed by atoms with Gasteiger partial charge in [0.25, 0.3) is 11.8 Å². The van der Waals surface area contributed by atoms with Crippen molar-refractivity contribution in [3.8, 4) is 0 Å². The first-order valence-electron chi connectivity index (χ1n) is 8.19. The van der Waals surface area contributed by atoms with E-state index in [-0.39, 0.29) is 30.2 Å². The zero-order valence-electron chi connectivity index (χ0n) is 14.6. The Hall–Kier alpha value is -2.31. The molecule has 1 rings (SSSR count). The van der Waals surface area contributed by atoms with Gasteiger partial charge in [0.15, 0.2) is 12.4 Å². The fraction of sp³-hybridized carbons (Fsp3) is 0.588. The van der Waals surface area contributed by atoms with Crippen LogP contribution in [0.3, 0.4) is 0 Å². The third kappa shape index (κ3) is 6.06. The molecule has 0 aliphatic heterocycles. The highest BCUT2D eigenvalue weighted by Crippen LogP contribution is 2.07. The van der Waals surface area contributed by atoms with E-state index in [1.807, 2.05) is 13.8 Å². The van der Waals surface area contributed by atoms with Gasteiger partial charge < -0.3 is 19.8 Å². The molecule has 7 nitrogen and oxygen atoms in total. The van der Waals surface area contributed by atoms with Gasteiger partial charge in [-0.05, 0) is 30.9 Å². The average molecular weight is 338 g/mol. The summed E-state index contributed by atoms with van der Waals surface area (Å²) in [5, 5.41) is 5.35. The SMILES string of the molecule is CCC(CC)NC(=O)COC(=O)[C@H](NC(=O)c1ccco1)C(C)C. The Kier molecular flexibility index (Phi) is 8.01. The van der Waals surface area contributed by atoms with Gasteiger partial charge in [0, 0.05) is 6.04 Å². The second kappa shape index (κ2) is 9.75. The molecule has 134 valence electrons. The number of hydrogen-bond donors (Lipinski definition) is 2. The molecule has 1 aromatic rings. The number of hydrogen-bond acceptors (Lipinski definition) is 5. The summed E-state index contributed by atoms with van der Waals surface area (Å²) < 4.78 is 10.0. The summed E-state index contributed by atoms with van der Waals surface area (Å²) in [7, 11) is 0. The van der Waals surface area contributed by atoms with Gasteiger partial charge in [-0.1, -0.05) is 27.7 Å². The average Bonchev–Trinajstić information content (AvgIpc) is 3.09. The lowest BCUT2D eigenvalue weighted by molar-refractivity contribution is -0.151. The minimum atomic E-state index is -0.858. The van der Waals surface area contributed by atoms with Crippen molar-refractivity contribution in [2.75, 3.05) is 6.61 Å². The molecule has 7 heteroatoms. The number of rotatable bonds is 9. The van der Waals surface area contributed by atoms with Gasteiger partial charge in [0.2, 0.25) is 0 Å². The maximum atomic E-state index is 12.2. The molecule has 0 aromatic carbocycles. The van der Waals surface area contributed by atoms with Gasteiger partial charge >= 0.3 is 5.97 Å². The molecule has 2 N–H and O–H groups in total. The van der Waals surface area contributed by atoms with Crippen molar-refractivity contribution in [3.63, 3.8) is 0 Å². The molecular weight excluding hydrogens is 312 g/mol. The second-order valence-electron chi connectivity index (χ2n) is 5.86. The highest BCUT2D eigenvalue weighted by atomic mass is 16.5. The van der Waals surface area contributed by atoms with Crippen LogP contribution in [0.15, 0.2) is 22.8 Å². The predicted molar refractivity (Wildman–Crippen MR) is 88.3 cm³/mol. The molecule has 1 atom stereocenters. The minimum absolute atomic E-state index is 0.0655. The standard InChI is InChI=1S/C17H26N2O5/c1-5-12(6-2)18-14(20)10-24-17(22)15(11(3)4)19-16(21)13-8-7-9-23-13/h7-9,11-12,15H,5-6,10H2,1-4H3,(H,18,20)(H,19,21)/t15-/m1/s1. The normalized spacial score (nSPS) is 12.1. The number of esters is 1. The Morgan fingerprint density at radius 3 is 2.33 bits per heavy atom. The third-order valence-corrected chi connectivity index (χ3v) is 3.65. The van der Waals surface area contributed by atoms with Crippen LogP contribution < -0.4 is 10.6 Å². The zero-order chi connectivity index (χ0) is 18.1. The summed E-state index contributed by atoms with van der Waals surface area (Å²) in [6, 6.07) is 2.29.